The van der Waals surface area contributed by atoms with Crippen molar-refractivity contribution in [3.05, 3.63) is 29.8 Å². The third-order valence-electron chi connectivity index (χ3n) is 3.69. The quantitative estimate of drug-likeness (QED) is 0.776. The van der Waals surface area contributed by atoms with E-state index in [0.717, 1.165) is 37.4 Å². The average molecular weight is 257 g/mol. The zero-order chi connectivity index (χ0) is 13.8. The Hall–Kier alpha value is -1.86. The largest absolute Gasteiger partial charge is 0.369 e. The molecule has 1 aromatic rings. The van der Waals surface area contributed by atoms with Gasteiger partial charge in [-0.3, -0.25) is 9.69 Å². The third kappa shape index (κ3) is 3.12. The summed E-state index contributed by atoms with van der Waals surface area (Å²) in [4.78, 5) is 15.7. The molecule has 19 heavy (non-hydrogen) atoms. The number of nitrogens with zero attached hydrogens (tertiary/aromatic N) is 3. The molecule has 1 atom stereocenters. The fourth-order valence-electron chi connectivity index (χ4n) is 2.36. The Labute approximate surface area is 114 Å². The van der Waals surface area contributed by atoms with Gasteiger partial charge >= 0.3 is 0 Å². The number of benzene rings is 1. The van der Waals surface area contributed by atoms with Crippen LogP contribution in [0.3, 0.4) is 0 Å². The monoisotopic (exact) mass is 257 g/mol. The Morgan fingerprint density at radius 1 is 1.21 bits per heavy atom. The molecule has 1 aliphatic rings. The highest BCUT2D eigenvalue weighted by Gasteiger charge is 2.20. The topological polar surface area (TPSA) is 47.3 Å². The van der Waals surface area contributed by atoms with Crippen LogP contribution < -0.4 is 4.90 Å². The van der Waals surface area contributed by atoms with Crippen molar-refractivity contribution in [1.82, 2.24) is 4.90 Å². The van der Waals surface area contributed by atoms with Crippen molar-refractivity contribution in [2.24, 2.45) is 0 Å². The lowest BCUT2D eigenvalue weighted by molar-refractivity contribution is 0.101. The summed E-state index contributed by atoms with van der Waals surface area (Å²) in [5, 5.41) is 8.92. The average Bonchev–Trinajstić information content (AvgIpc) is 2.46. The van der Waals surface area contributed by atoms with Gasteiger partial charge in [0, 0.05) is 37.4 Å². The van der Waals surface area contributed by atoms with Gasteiger partial charge in [0.25, 0.3) is 0 Å². The van der Waals surface area contributed by atoms with E-state index in [2.05, 4.69) is 15.9 Å². The number of ketones is 1. The highest BCUT2D eigenvalue weighted by molar-refractivity contribution is 5.94. The highest BCUT2D eigenvalue weighted by atomic mass is 16.1. The molecule has 0 bridgehead atoms. The summed E-state index contributed by atoms with van der Waals surface area (Å²) in [5.74, 6) is 0.0965. The summed E-state index contributed by atoms with van der Waals surface area (Å²) in [6.45, 7) is 7.18. The molecular weight excluding hydrogens is 238 g/mol. The van der Waals surface area contributed by atoms with Crippen molar-refractivity contribution >= 4 is 11.5 Å². The number of nitriles is 1. The Bertz CT molecular complexity index is 481. The van der Waals surface area contributed by atoms with E-state index >= 15 is 0 Å². The molecule has 4 nitrogen and oxygen atoms in total. The normalized spacial score (nSPS) is 17.8. The maximum Gasteiger partial charge on any atom is 0.159 e. The number of anilines is 1. The number of rotatable bonds is 3. The molecule has 100 valence electrons. The first-order chi connectivity index (χ1) is 9.11. The van der Waals surface area contributed by atoms with Gasteiger partial charge in [-0.05, 0) is 38.1 Å². The third-order valence-corrected chi connectivity index (χ3v) is 3.69. The number of piperazine rings is 1. The van der Waals surface area contributed by atoms with Crippen LogP contribution in [0, 0.1) is 11.3 Å². The van der Waals surface area contributed by atoms with Gasteiger partial charge in [0.05, 0.1) is 12.1 Å². The van der Waals surface area contributed by atoms with Gasteiger partial charge in [-0.2, -0.15) is 5.26 Å². The molecule has 1 heterocycles. The number of hydrogen-bond acceptors (Lipinski definition) is 4. The second kappa shape index (κ2) is 5.85. The maximum absolute atomic E-state index is 11.2. The van der Waals surface area contributed by atoms with E-state index in [1.54, 1.807) is 6.92 Å². The van der Waals surface area contributed by atoms with Crippen LogP contribution in [0.2, 0.25) is 0 Å². The second-order valence-corrected chi connectivity index (χ2v) is 4.93. The molecule has 0 unspecified atom stereocenters. The molecule has 0 aliphatic carbocycles. The van der Waals surface area contributed by atoms with E-state index in [-0.39, 0.29) is 11.8 Å². The first kappa shape index (κ1) is 13.6. The summed E-state index contributed by atoms with van der Waals surface area (Å²) in [7, 11) is 0. The van der Waals surface area contributed by atoms with Gasteiger partial charge in [0.2, 0.25) is 0 Å². The van der Waals surface area contributed by atoms with E-state index in [9.17, 15) is 4.79 Å². The van der Waals surface area contributed by atoms with E-state index in [4.69, 9.17) is 5.26 Å². The maximum atomic E-state index is 11.2. The SMILES string of the molecule is CC(=O)c1ccc(N2CCN([C@@H](C)C#N)CC2)cc1. The lowest BCUT2D eigenvalue weighted by Gasteiger charge is -2.37. The van der Waals surface area contributed by atoms with Crippen molar-refractivity contribution in [2.45, 2.75) is 19.9 Å². The highest BCUT2D eigenvalue weighted by Crippen LogP contribution is 2.18. The molecule has 1 fully saturated rings. The first-order valence-corrected chi connectivity index (χ1v) is 6.61. The van der Waals surface area contributed by atoms with Crippen molar-refractivity contribution in [1.29, 1.82) is 5.26 Å². The van der Waals surface area contributed by atoms with E-state index in [1.807, 2.05) is 31.2 Å². The molecule has 0 aromatic heterocycles. The van der Waals surface area contributed by atoms with Crippen LogP contribution in [-0.4, -0.2) is 42.9 Å². The van der Waals surface area contributed by atoms with Crippen LogP contribution in [0.1, 0.15) is 24.2 Å². The molecule has 1 aliphatic heterocycles. The number of carbonyl (C=O) groups excluding carboxylic acids is 1. The van der Waals surface area contributed by atoms with Gasteiger partial charge in [0.1, 0.15) is 0 Å². The number of hydrogen-bond donors (Lipinski definition) is 0. The zero-order valence-corrected chi connectivity index (χ0v) is 11.5. The van der Waals surface area contributed by atoms with Crippen LogP contribution in [0.5, 0.6) is 0 Å². The predicted molar refractivity (Wildman–Crippen MR) is 75.3 cm³/mol. The molecule has 1 aromatic carbocycles. The van der Waals surface area contributed by atoms with E-state index in [1.165, 1.54) is 0 Å². The Morgan fingerprint density at radius 3 is 2.26 bits per heavy atom. The molecule has 1 saturated heterocycles. The molecule has 0 spiro atoms. The standard InChI is InChI=1S/C15H19N3O/c1-12(11-16)17-7-9-18(10-8-17)15-5-3-14(4-6-15)13(2)19/h3-6,12H,7-10H2,1-2H3/t12-/m0/s1. The molecule has 0 amide bonds. The van der Waals surface area contributed by atoms with Gasteiger partial charge in [-0.15, -0.1) is 0 Å². The van der Waals surface area contributed by atoms with Crippen LogP contribution in [0.15, 0.2) is 24.3 Å². The van der Waals surface area contributed by atoms with E-state index < -0.39 is 0 Å². The molecule has 4 heteroatoms. The summed E-state index contributed by atoms with van der Waals surface area (Å²) in [6, 6.07) is 10.0. The fraction of sp³-hybridized carbons (Fsp3) is 0.467. The minimum absolute atomic E-state index is 0.0118. The molecule has 0 N–H and O–H groups in total. The van der Waals surface area contributed by atoms with E-state index in [0.29, 0.717) is 0 Å². The number of carbonyl (C=O) groups is 1. The smallest absolute Gasteiger partial charge is 0.159 e. The van der Waals surface area contributed by atoms with Gasteiger partial charge in [0.15, 0.2) is 5.78 Å². The molecule has 0 radical (unpaired) electrons. The van der Waals surface area contributed by atoms with Crippen LogP contribution in [0.4, 0.5) is 5.69 Å². The minimum atomic E-state index is -0.0118. The van der Waals surface area contributed by atoms with Crippen molar-refractivity contribution in [2.75, 3.05) is 31.1 Å². The van der Waals surface area contributed by atoms with Crippen LogP contribution in [-0.2, 0) is 0 Å². The predicted octanol–water partition coefficient (Wildman–Crippen LogP) is 1.92. The summed E-state index contributed by atoms with van der Waals surface area (Å²) in [5.41, 5.74) is 1.90. The second-order valence-electron chi connectivity index (χ2n) is 4.93. The molecule has 2 rings (SSSR count). The van der Waals surface area contributed by atoms with Crippen LogP contribution >= 0.6 is 0 Å². The molecular formula is C15H19N3O. The van der Waals surface area contributed by atoms with Gasteiger partial charge in [-0.1, -0.05) is 0 Å². The fourth-order valence-corrected chi connectivity index (χ4v) is 2.36. The summed E-state index contributed by atoms with van der Waals surface area (Å²) >= 11 is 0. The van der Waals surface area contributed by atoms with Crippen molar-refractivity contribution in [3.8, 4) is 6.07 Å². The minimum Gasteiger partial charge on any atom is -0.369 e. The zero-order valence-electron chi connectivity index (χ0n) is 11.5. The van der Waals surface area contributed by atoms with Crippen LogP contribution in [0.25, 0.3) is 0 Å². The van der Waals surface area contributed by atoms with Crippen molar-refractivity contribution < 1.29 is 4.79 Å². The summed E-state index contributed by atoms with van der Waals surface area (Å²) in [6.07, 6.45) is 0. The van der Waals surface area contributed by atoms with Gasteiger partial charge < -0.3 is 4.90 Å². The lowest BCUT2D eigenvalue weighted by Crippen LogP contribution is -2.49. The Kier molecular flexibility index (Phi) is 4.18. The Morgan fingerprint density at radius 2 is 1.79 bits per heavy atom. The number of Topliss-reactive ketones (excluding diaryl/α,β-unsaturated/α-hetero) is 1. The van der Waals surface area contributed by atoms with Gasteiger partial charge in [-0.25, -0.2) is 0 Å². The summed E-state index contributed by atoms with van der Waals surface area (Å²) < 4.78 is 0. The van der Waals surface area contributed by atoms with Crippen molar-refractivity contribution in [3.63, 3.8) is 0 Å². The first-order valence-electron chi connectivity index (χ1n) is 6.61. The lowest BCUT2D eigenvalue weighted by atomic mass is 10.1. The molecule has 0 saturated carbocycles. The Balaban J connectivity index is 1.98.